The number of aryl methyl sites for hydroxylation is 1. The Morgan fingerprint density at radius 2 is 1.65 bits per heavy atom. The van der Waals surface area contributed by atoms with Crippen LogP contribution in [0, 0.1) is 6.92 Å². The fourth-order valence-corrected chi connectivity index (χ4v) is 4.14. The molecule has 2 amide bonds. The number of hydrogen-bond acceptors (Lipinski definition) is 4. The molecule has 1 heterocycles. The molecule has 1 aromatic heterocycles. The molecule has 4 rings (SSSR count). The first-order valence-corrected chi connectivity index (χ1v) is 11.0. The number of rotatable bonds is 8. The zero-order chi connectivity index (χ0) is 24.1. The summed E-state index contributed by atoms with van der Waals surface area (Å²) in [6, 6.07) is 19.3. The molecule has 0 fully saturated rings. The molecule has 176 valence electrons. The van der Waals surface area contributed by atoms with Crippen molar-refractivity contribution >= 4 is 22.6 Å². The number of fused-ring (bicyclic) bond motifs is 1. The van der Waals surface area contributed by atoms with Gasteiger partial charge in [0.15, 0.2) is 11.5 Å². The van der Waals surface area contributed by atoms with Crippen molar-refractivity contribution in [3.63, 3.8) is 0 Å². The minimum Gasteiger partial charge on any atom is -0.495 e. The van der Waals surface area contributed by atoms with Gasteiger partial charge in [-0.3, -0.25) is 0 Å². The van der Waals surface area contributed by atoms with Gasteiger partial charge in [-0.05, 0) is 53.9 Å². The molecule has 34 heavy (non-hydrogen) atoms. The Hall–Kier alpha value is -4.13. The van der Waals surface area contributed by atoms with Crippen molar-refractivity contribution in [3.05, 3.63) is 83.6 Å². The lowest BCUT2D eigenvalue weighted by molar-refractivity contribution is 0.251. The van der Waals surface area contributed by atoms with Gasteiger partial charge in [-0.1, -0.05) is 30.3 Å². The number of methoxy groups -OCH3 is 3. The smallest absolute Gasteiger partial charge is 0.319 e. The number of urea groups is 1. The van der Waals surface area contributed by atoms with Crippen molar-refractivity contribution in [2.24, 2.45) is 0 Å². The molecule has 0 bridgehead atoms. The van der Waals surface area contributed by atoms with Crippen LogP contribution < -0.4 is 24.8 Å². The zero-order valence-electron chi connectivity index (χ0n) is 19.8. The number of H-pyrrole nitrogens is 1. The number of aromatic amines is 1. The molecule has 7 nitrogen and oxygen atoms in total. The summed E-state index contributed by atoms with van der Waals surface area (Å²) in [5.41, 5.74) is 4.76. The van der Waals surface area contributed by atoms with Crippen molar-refractivity contribution < 1.29 is 19.0 Å². The number of amides is 2. The zero-order valence-corrected chi connectivity index (χ0v) is 19.8. The summed E-state index contributed by atoms with van der Waals surface area (Å²) in [5.74, 6) is 1.77. The van der Waals surface area contributed by atoms with E-state index in [4.69, 9.17) is 14.2 Å². The van der Waals surface area contributed by atoms with Gasteiger partial charge in [0, 0.05) is 29.6 Å². The molecular weight excluding hydrogens is 430 g/mol. The van der Waals surface area contributed by atoms with Crippen LogP contribution in [0.2, 0.25) is 0 Å². The van der Waals surface area contributed by atoms with Crippen LogP contribution in [-0.2, 0) is 0 Å². The number of benzene rings is 3. The number of carbonyl (C=O) groups is 1. The van der Waals surface area contributed by atoms with E-state index in [2.05, 4.69) is 21.7 Å². The van der Waals surface area contributed by atoms with E-state index in [0.717, 1.165) is 27.6 Å². The monoisotopic (exact) mass is 459 g/mol. The van der Waals surface area contributed by atoms with Gasteiger partial charge < -0.3 is 29.8 Å². The third-order valence-corrected chi connectivity index (χ3v) is 5.88. The molecule has 0 aliphatic heterocycles. The first-order valence-electron chi connectivity index (χ1n) is 11.0. The van der Waals surface area contributed by atoms with Gasteiger partial charge in [0.05, 0.1) is 27.0 Å². The van der Waals surface area contributed by atoms with E-state index in [-0.39, 0.29) is 11.9 Å². The third-order valence-electron chi connectivity index (χ3n) is 5.88. The Morgan fingerprint density at radius 1 is 0.912 bits per heavy atom. The first-order chi connectivity index (χ1) is 16.5. The van der Waals surface area contributed by atoms with Crippen LogP contribution in [0.1, 0.15) is 22.6 Å². The van der Waals surface area contributed by atoms with Crippen molar-refractivity contribution in [1.82, 2.24) is 10.3 Å². The summed E-state index contributed by atoms with van der Waals surface area (Å²) in [5, 5.41) is 7.03. The van der Waals surface area contributed by atoms with Crippen molar-refractivity contribution in [2.45, 2.75) is 12.8 Å². The standard InChI is InChI=1S/C27H29N3O4/c1-17-9-11-24(32-2)23(13-17)30-27(31)29-15-20(18-10-12-25(33-3)26(14-18)34-4)21-16-28-22-8-6-5-7-19(21)22/h5-14,16,20,28H,15H2,1-4H3,(H2,29,30,31). The molecule has 0 aliphatic rings. The Labute approximate surface area is 199 Å². The number of carbonyl (C=O) groups excluding carboxylic acids is 1. The maximum absolute atomic E-state index is 12.9. The average molecular weight is 460 g/mol. The number of nitrogens with one attached hydrogen (secondary N) is 3. The molecule has 0 radical (unpaired) electrons. The maximum atomic E-state index is 12.9. The second kappa shape index (κ2) is 10.2. The highest BCUT2D eigenvalue weighted by Gasteiger charge is 2.21. The molecule has 0 aliphatic carbocycles. The van der Waals surface area contributed by atoms with E-state index >= 15 is 0 Å². The molecule has 0 saturated carbocycles. The van der Waals surface area contributed by atoms with E-state index in [1.807, 2.05) is 67.7 Å². The Morgan fingerprint density at radius 3 is 2.41 bits per heavy atom. The van der Waals surface area contributed by atoms with Crippen LogP contribution in [0.5, 0.6) is 17.2 Å². The molecular formula is C27H29N3O4. The molecule has 0 spiro atoms. The number of ether oxygens (including phenoxy) is 3. The number of hydrogen-bond donors (Lipinski definition) is 3. The van der Waals surface area contributed by atoms with Crippen molar-refractivity contribution in [2.75, 3.05) is 33.2 Å². The summed E-state index contributed by atoms with van der Waals surface area (Å²) in [6.45, 7) is 2.34. The molecule has 0 saturated heterocycles. The molecule has 3 N–H and O–H groups in total. The summed E-state index contributed by atoms with van der Waals surface area (Å²) < 4.78 is 16.3. The highest BCUT2D eigenvalue weighted by atomic mass is 16.5. The van der Waals surface area contributed by atoms with Crippen LogP contribution >= 0.6 is 0 Å². The second-order valence-electron chi connectivity index (χ2n) is 8.00. The summed E-state index contributed by atoms with van der Waals surface area (Å²) in [7, 11) is 4.81. The number of para-hydroxylation sites is 1. The lowest BCUT2D eigenvalue weighted by Gasteiger charge is -2.20. The van der Waals surface area contributed by atoms with Gasteiger partial charge in [0.1, 0.15) is 5.75 Å². The van der Waals surface area contributed by atoms with E-state index < -0.39 is 0 Å². The fourth-order valence-electron chi connectivity index (χ4n) is 4.14. The molecule has 1 atom stereocenters. The molecule has 1 unspecified atom stereocenters. The van der Waals surface area contributed by atoms with Gasteiger partial charge >= 0.3 is 6.03 Å². The first kappa shape index (κ1) is 23.0. The predicted molar refractivity (Wildman–Crippen MR) is 134 cm³/mol. The minimum atomic E-state index is -0.311. The average Bonchev–Trinajstić information content (AvgIpc) is 3.28. The Kier molecular flexibility index (Phi) is 6.92. The summed E-state index contributed by atoms with van der Waals surface area (Å²) >= 11 is 0. The molecule has 7 heteroatoms. The van der Waals surface area contributed by atoms with Gasteiger partial charge in [0.25, 0.3) is 0 Å². The van der Waals surface area contributed by atoms with E-state index in [1.54, 1.807) is 21.3 Å². The van der Waals surface area contributed by atoms with E-state index in [0.29, 0.717) is 29.5 Å². The van der Waals surface area contributed by atoms with E-state index in [1.165, 1.54) is 0 Å². The van der Waals surface area contributed by atoms with Crippen molar-refractivity contribution in [3.8, 4) is 17.2 Å². The largest absolute Gasteiger partial charge is 0.495 e. The second-order valence-corrected chi connectivity index (χ2v) is 8.00. The third kappa shape index (κ3) is 4.78. The highest BCUT2D eigenvalue weighted by molar-refractivity contribution is 5.91. The van der Waals surface area contributed by atoms with Gasteiger partial charge in [-0.2, -0.15) is 0 Å². The maximum Gasteiger partial charge on any atom is 0.319 e. The fraction of sp³-hybridized carbons (Fsp3) is 0.222. The lowest BCUT2D eigenvalue weighted by atomic mass is 9.90. The summed E-state index contributed by atoms with van der Waals surface area (Å²) in [4.78, 5) is 16.2. The van der Waals surface area contributed by atoms with Gasteiger partial charge in [0.2, 0.25) is 0 Å². The van der Waals surface area contributed by atoms with Crippen molar-refractivity contribution in [1.29, 1.82) is 0 Å². The van der Waals surface area contributed by atoms with Crippen LogP contribution in [0.3, 0.4) is 0 Å². The van der Waals surface area contributed by atoms with Gasteiger partial charge in [-0.15, -0.1) is 0 Å². The Bertz CT molecular complexity index is 1300. The predicted octanol–water partition coefficient (Wildman–Crippen LogP) is 5.46. The number of aromatic nitrogens is 1. The molecule has 4 aromatic rings. The van der Waals surface area contributed by atoms with Gasteiger partial charge in [-0.25, -0.2) is 4.79 Å². The normalized spacial score (nSPS) is 11.6. The quantitative estimate of drug-likeness (QED) is 0.327. The minimum absolute atomic E-state index is 0.124. The van der Waals surface area contributed by atoms with Crippen LogP contribution in [0.15, 0.2) is 66.9 Å². The number of anilines is 1. The van der Waals surface area contributed by atoms with Crippen LogP contribution in [-0.4, -0.2) is 38.9 Å². The summed E-state index contributed by atoms with van der Waals surface area (Å²) in [6.07, 6.45) is 2.00. The lowest BCUT2D eigenvalue weighted by Crippen LogP contribution is -2.32. The van der Waals surface area contributed by atoms with E-state index in [9.17, 15) is 4.79 Å². The molecule has 3 aromatic carbocycles. The van der Waals surface area contributed by atoms with Crippen LogP contribution in [0.25, 0.3) is 10.9 Å². The highest BCUT2D eigenvalue weighted by Crippen LogP contribution is 2.35. The van der Waals surface area contributed by atoms with Crippen LogP contribution in [0.4, 0.5) is 10.5 Å². The topological polar surface area (TPSA) is 84.6 Å². The SMILES string of the molecule is COc1ccc(C)cc1NC(=O)NCC(c1ccc(OC)c(OC)c1)c1c[nH]c2ccccc12. The Balaban J connectivity index is 1.63.